The molecule has 0 aliphatic heterocycles. The van der Waals surface area contributed by atoms with Gasteiger partial charge in [0.1, 0.15) is 6.54 Å². The van der Waals surface area contributed by atoms with Gasteiger partial charge in [0, 0.05) is 6.54 Å². The molecule has 2 heterocycles. The topological polar surface area (TPSA) is 88.1 Å². The third-order valence-corrected chi connectivity index (χ3v) is 3.83. The van der Waals surface area contributed by atoms with Crippen LogP contribution in [0.1, 0.15) is 6.92 Å². The molecule has 0 saturated carbocycles. The van der Waals surface area contributed by atoms with Crippen LogP contribution < -0.4 is 11.2 Å². The fourth-order valence-corrected chi connectivity index (χ4v) is 2.75. The van der Waals surface area contributed by atoms with Gasteiger partial charge in [0.05, 0.1) is 18.6 Å². The molecule has 134 valence electrons. The highest BCUT2D eigenvalue weighted by molar-refractivity contribution is 5.76. The van der Waals surface area contributed by atoms with E-state index in [1.54, 1.807) is 31.2 Å². The van der Waals surface area contributed by atoms with Crippen LogP contribution in [0.25, 0.3) is 16.9 Å². The second-order valence-corrected chi connectivity index (χ2v) is 5.51. The summed E-state index contributed by atoms with van der Waals surface area (Å²) in [6.07, 6.45) is 2.83. The van der Waals surface area contributed by atoms with E-state index in [1.165, 1.54) is 21.5 Å². The molecule has 0 spiro atoms. The molecule has 0 aliphatic carbocycles. The molecule has 2 aromatic heterocycles. The molecular weight excluding hydrogens is 336 g/mol. The van der Waals surface area contributed by atoms with Crippen molar-refractivity contribution in [2.75, 3.05) is 6.61 Å². The molecule has 0 amide bonds. The van der Waals surface area contributed by atoms with Gasteiger partial charge in [-0.15, -0.1) is 6.58 Å². The summed E-state index contributed by atoms with van der Waals surface area (Å²) in [6, 6.07) is 8.88. The number of carbonyl (C=O) groups excluding carboxylic acids is 1. The van der Waals surface area contributed by atoms with Gasteiger partial charge >= 0.3 is 11.7 Å². The first-order valence-electron chi connectivity index (χ1n) is 8.11. The lowest BCUT2D eigenvalue weighted by Gasteiger charge is -2.11. The van der Waals surface area contributed by atoms with E-state index >= 15 is 0 Å². The predicted octanol–water partition coefficient (Wildman–Crippen LogP) is 1.10. The average Bonchev–Trinajstić information content (AvgIpc) is 3.03. The number of ether oxygens (including phenoxy) is 1. The van der Waals surface area contributed by atoms with Crippen molar-refractivity contribution >= 4 is 17.1 Å². The van der Waals surface area contributed by atoms with Crippen LogP contribution in [0.15, 0.2) is 58.9 Å². The molecule has 0 atom stereocenters. The molecule has 8 nitrogen and oxygen atoms in total. The van der Waals surface area contributed by atoms with Crippen molar-refractivity contribution in [2.24, 2.45) is 0 Å². The Balaban J connectivity index is 2.32. The Labute approximate surface area is 148 Å². The van der Waals surface area contributed by atoms with E-state index in [4.69, 9.17) is 4.74 Å². The lowest BCUT2D eigenvalue weighted by molar-refractivity contribution is -0.143. The molecule has 0 N–H and O–H groups in total. The molecule has 3 aromatic rings. The Kier molecular flexibility index (Phi) is 4.83. The van der Waals surface area contributed by atoms with Crippen LogP contribution in [-0.4, -0.2) is 31.3 Å². The van der Waals surface area contributed by atoms with E-state index in [0.717, 1.165) is 4.57 Å². The van der Waals surface area contributed by atoms with Crippen molar-refractivity contribution in [1.29, 1.82) is 0 Å². The minimum Gasteiger partial charge on any atom is -0.465 e. The highest BCUT2D eigenvalue weighted by atomic mass is 16.5. The molecule has 0 unspecified atom stereocenters. The van der Waals surface area contributed by atoms with Crippen LogP contribution in [0.2, 0.25) is 0 Å². The van der Waals surface area contributed by atoms with Gasteiger partial charge in [-0.25, -0.2) is 14.3 Å². The van der Waals surface area contributed by atoms with Gasteiger partial charge in [-0.1, -0.05) is 24.3 Å². The van der Waals surface area contributed by atoms with E-state index in [2.05, 4.69) is 11.6 Å². The lowest BCUT2D eigenvalue weighted by atomic mass is 10.3. The molecule has 0 radical (unpaired) electrons. The molecule has 26 heavy (non-hydrogen) atoms. The third kappa shape index (κ3) is 2.97. The second-order valence-electron chi connectivity index (χ2n) is 5.51. The summed E-state index contributed by atoms with van der Waals surface area (Å²) in [5.41, 5.74) is -0.130. The molecule has 8 heteroatoms. The van der Waals surface area contributed by atoms with Crippen LogP contribution in [-0.2, 0) is 22.6 Å². The van der Waals surface area contributed by atoms with E-state index in [9.17, 15) is 14.4 Å². The monoisotopic (exact) mass is 354 g/mol. The maximum atomic E-state index is 12.9. The Hall–Kier alpha value is -3.42. The molecule has 1 aromatic carbocycles. The summed E-state index contributed by atoms with van der Waals surface area (Å²) in [6.45, 7) is 5.42. The Morgan fingerprint density at radius 2 is 2.00 bits per heavy atom. The van der Waals surface area contributed by atoms with Gasteiger partial charge in [-0.05, 0) is 19.1 Å². The van der Waals surface area contributed by atoms with Crippen molar-refractivity contribution in [2.45, 2.75) is 20.0 Å². The number of rotatable bonds is 6. The number of nitrogens with zero attached hydrogens (tertiary/aromatic N) is 4. The summed E-state index contributed by atoms with van der Waals surface area (Å²) in [7, 11) is 0. The quantitative estimate of drug-likeness (QED) is 0.489. The zero-order valence-electron chi connectivity index (χ0n) is 14.3. The van der Waals surface area contributed by atoms with E-state index in [0.29, 0.717) is 5.69 Å². The number of benzene rings is 1. The number of carbonyl (C=O) groups is 1. The number of imidazole rings is 1. The number of para-hydroxylation sites is 1. The standard InChI is InChI=1S/C18H18N4O4/c1-3-10-21-17(24)15-16(19-12-20(15)11-14(23)26-4-2)22(18(21)25)13-8-6-5-7-9-13/h3,5-9,12H,1,4,10-11H2,2H3. The van der Waals surface area contributed by atoms with Crippen molar-refractivity contribution in [1.82, 2.24) is 18.7 Å². The minimum atomic E-state index is -0.529. The molecule has 0 fully saturated rings. The third-order valence-electron chi connectivity index (χ3n) is 3.83. The molecule has 0 saturated heterocycles. The zero-order valence-corrected chi connectivity index (χ0v) is 14.3. The zero-order chi connectivity index (χ0) is 18.7. The molecule has 0 aliphatic rings. The maximum absolute atomic E-state index is 12.9. The normalized spacial score (nSPS) is 10.8. The predicted molar refractivity (Wildman–Crippen MR) is 96.4 cm³/mol. The van der Waals surface area contributed by atoms with Gasteiger partial charge in [0.25, 0.3) is 5.56 Å². The first-order chi connectivity index (χ1) is 12.6. The largest absolute Gasteiger partial charge is 0.465 e. The van der Waals surface area contributed by atoms with Crippen LogP contribution in [0.3, 0.4) is 0 Å². The SMILES string of the molecule is C=CCn1c(=O)c2c(ncn2CC(=O)OCC)n(-c2ccccc2)c1=O. The van der Waals surface area contributed by atoms with Crippen molar-refractivity contribution in [3.63, 3.8) is 0 Å². The summed E-state index contributed by atoms with van der Waals surface area (Å²) in [5.74, 6) is -0.487. The summed E-state index contributed by atoms with van der Waals surface area (Å²) in [4.78, 5) is 41.7. The van der Waals surface area contributed by atoms with Gasteiger partial charge < -0.3 is 9.30 Å². The van der Waals surface area contributed by atoms with Crippen molar-refractivity contribution in [3.05, 3.63) is 70.2 Å². The number of hydrogen-bond donors (Lipinski definition) is 0. The average molecular weight is 354 g/mol. The summed E-state index contributed by atoms with van der Waals surface area (Å²) >= 11 is 0. The van der Waals surface area contributed by atoms with E-state index in [1.807, 2.05) is 6.07 Å². The van der Waals surface area contributed by atoms with Gasteiger partial charge in [-0.2, -0.15) is 0 Å². The first kappa shape index (κ1) is 17.4. The number of hydrogen-bond acceptors (Lipinski definition) is 5. The molecular formula is C18H18N4O4. The Bertz CT molecular complexity index is 1080. The van der Waals surface area contributed by atoms with Gasteiger partial charge in [0.15, 0.2) is 11.2 Å². The number of allylic oxidation sites excluding steroid dienone is 1. The number of esters is 1. The molecule has 3 rings (SSSR count). The second kappa shape index (κ2) is 7.22. The summed E-state index contributed by atoms with van der Waals surface area (Å²) < 4.78 is 8.75. The van der Waals surface area contributed by atoms with Crippen LogP contribution >= 0.6 is 0 Å². The number of aromatic nitrogens is 4. The summed E-state index contributed by atoms with van der Waals surface area (Å²) in [5, 5.41) is 0. The first-order valence-corrected chi connectivity index (χ1v) is 8.11. The highest BCUT2D eigenvalue weighted by Crippen LogP contribution is 2.13. The Morgan fingerprint density at radius 1 is 1.27 bits per heavy atom. The van der Waals surface area contributed by atoms with Crippen molar-refractivity contribution in [3.8, 4) is 5.69 Å². The molecule has 0 bridgehead atoms. The van der Waals surface area contributed by atoms with Gasteiger partial charge in [0.2, 0.25) is 0 Å². The van der Waals surface area contributed by atoms with Crippen LogP contribution in [0.4, 0.5) is 0 Å². The van der Waals surface area contributed by atoms with Crippen LogP contribution in [0.5, 0.6) is 0 Å². The smallest absolute Gasteiger partial charge is 0.337 e. The maximum Gasteiger partial charge on any atom is 0.337 e. The van der Waals surface area contributed by atoms with Crippen molar-refractivity contribution < 1.29 is 9.53 Å². The number of fused-ring (bicyclic) bond motifs is 1. The van der Waals surface area contributed by atoms with E-state index < -0.39 is 17.2 Å². The fraction of sp³-hybridized carbons (Fsp3) is 0.222. The van der Waals surface area contributed by atoms with Gasteiger partial charge in [-0.3, -0.25) is 14.2 Å². The highest BCUT2D eigenvalue weighted by Gasteiger charge is 2.19. The Morgan fingerprint density at radius 3 is 2.65 bits per heavy atom. The lowest BCUT2D eigenvalue weighted by Crippen LogP contribution is -2.40. The van der Waals surface area contributed by atoms with E-state index in [-0.39, 0.29) is 30.9 Å². The fourth-order valence-electron chi connectivity index (χ4n) is 2.75. The minimum absolute atomic E-state index is 0.0467. The van der Waals surface area contributed by atoms with Crippen LogP contribution in [0, 0.1) is 0 Å².